The number of anilines is 1. The Labute approximate surface area is 114 Å². The monoisotopic (exact) mass is 286 g/mol. The van der Waals surface area contributed by atoms with Crippen molar-refractivity contribution in [2.24, 2.45) is 0 Å². The maximum Gasteiger partial charge on any atom is 0.254 e. The Bertz CT molecular complexity index is 496. The largest absolute Gasteiger partial charge is 0.396 e. The van der Waals surface area contributed by atoms with Gasteiger partial charge >= 0.3 is 0 Å². The van der Waals surface area contributed by atoms with Gasteiger partial charge in [0.05, 0.1) is 11.3 Å². The predicted octanol–water partition coefficient (Wildman–Crippen LogP) is 2.56. The summed E-state index contributed by atoms with van der Waals surface area (Å²) >= 11 is 1.77. The molecule has 3 nitrogen and oxygen atoms in total. The van der Waals surface area contributed by atoms with E-state index in [-0.39, 0.29) is 17.3 Å². The average Bonchev–Trinajstić information content (AvgIpc) is 2.81. The van der Waals surface area contributed by atoms with Crippen molar-refractivity contribution in [3.05, 3.63) is 29.3 Å². The lowest BCUT2D eigenvalue weighted by Gasteiger charge is -2.13. The summed E-state index contributed by atoms with van der Waals surface area (Å²) in [4.78, 5) is 11.9. The first kappa shape index (κ1) is 14.1. The molecule has 0 heterocycles. The zero-order chi connectivity index (χ0) is 14.0. The first-order valence-electron chi connectivity index (χ1n) is 6.09. The van der Waals surface area contributed by atoms with E-state index in [0.29, 0.717) is 11.3 Å². The zero-order valence-electron chi connectivity index (χ0n) is 10.6. The molecule has 1 saturated carbocycles. The van der Waals surface area contributed by atoms with Crippen LogP contribution >= 0.6 is 11.8 Å². The summed E-state index contributed by atoms with van der Waals surface area (Å²) in [5.74, 6) is -2.27. The van der Waals surface area contributed by atoms with E-state index in [2.05, 4.69) is 5.32 Å². The van der Waals surface area contributed by atoms with Crippen molar-refractivity contribution in [3.63, 3.8) is 0 Å². The molecule has 0 radical (unpaired) electrons. The van der Waals surface area contributed by atoms with Gasteiger partial charge in [-0.15, -0.1) is 0 Å². The number of carbonyl (C=O) groups excluding carboxylic acids is 1. The molecule has 0 bridgehead atoms. The van der Waals surface area contributed by atoms with E-state index < -0.39 is 17.5 Å². The average molecular weight is 286 g/mol. The number of nitrogens with two attached hydrogens (primary N) is 1. The molecule has 1 amide bonds. The van der Waals surface area contributed by atoms with Gasteiger partial charge in [-0.1, -0.05) is 0 Å². The van der Waals surface area contributed by atoms with Gasteiger partial charge in [-0.2, -0.15) is 11.8 Å². The number of hydrogen-bond donors (Lipinski definition) is 2. The van der Waals surface area contributed by atoms with Crippen molar-refractivity contribution in [1.82, 2.24) is 5.32 Å². The van der Waals surface area contributed by atoms with E-state index in [1.54, 1.807) is 11.8 Å². The lowest BCUT2D eigenvalue weighted by molar-refractivity contribution is 0.0934. The fourth-order valence-corrected chi connectivity index (χ4v) is 3.08. The van der Waals surface area contributed by atoms with Gasteiger partial charge in [0.1, 0.15) is 11.6 Å². The van der Waals surface area contributed by atoms with E-state index in [1.807, 2.05) is 6.26 Å². The summed E-state index contributed by atoms with van der Waals surface area (Å²) in [6.07, 6.45) is 4.84. The van der Waals surface area contributed by atoms with Crippen LogP contribution in [0.5, 0.6) is 0 Å². The highest BCUT2D eigenvalue weighted by molar-refractivity contribution is 7.99. The molecule has 0 spiro atoms. The molecule has 1 aliphatic carbocycles. The zero-order valence-corrected chi connectivity index (χ0v) is 11.4. The second-order valence-electron chi connectivity index (χ2n) is 4.69. The van der Waals surface area contributed by atoms with Crippen LogP contribution in [-0.2, 0) is 0 Å². The molecule has 19 heavy (non-hydrogen) atoms. The summed E-state index contributed by atoms with van der Waals surface area (Å²) in [6, 6.07) is 1.74. The number of carbonyl (C=O) groups is 1. The van der Waals surface area contributed by atoms with Crippen LogP contribution in [0.1, 0.15) is 29.6 Å². The van der Waals surface area contributed by atoms with Crippen molar-refractivity contribution >= 4 is 23.4 Å². The molecular formula is C13H16F2N2OS. The highest BCUT2D eigenvalue weighted by atomic mass is 32.2. The standard InChI is InChI=1S/C13H16F2N2OS/c1-19-8-3-2-7(4-8)17-13(18)9-5-12(16)11(15)6-10(9)14/h5-8H,2-4,16H2,1H3,(H,17,18). The van der Waals surface area contributed by atoms with Gasteiger partial charge in [0.15, 0.2) is 0 Å². The minimum absolute atomic E-state index is 0.0515. The molecule has 0 aromatic heterocycles. The molecule has 2 unspecified atom stereocenters. The second kappa shape index (κ2) is 5.77. The maximum absolute atomic E-state index is 13.5. The highest BCUT2D eigenvalue weighted by Crippen LogP contribution is 2.28. The van der Waals surface area contributed by atoms with Crippen LogP contribution in [0.25, 0.3) is 0 Å². The summed E-state index contributed by atoms with van der Waals surface area (Å²) in [5.41, 5.74) is 4.93. The molecule has 3 N–H and O–H groups in total. The molecule has 6 heteroatoms. The summed E-state index contributed by atoms with van der Waals surface area (Å²) < 4.78 is 26.6. The molecule has 1 aromatic carbocycles. The quantitative estimate of drug-likeness (QED) is 0.840. The van der Waals surface area contributed by atoms with Crippen molar-refractivity contribution < 1.29 is 13.6 Å². The van der Waals surface area contributed by atoms with Gasteiger partial charge in [-0.25, -0.2) is 8.78 Å². The number of nitrogen functional groups attached to an aromatic ring is 1. The van der Waals surface area contributed by atoms with Crippen LogP contribution < -0.4 is 11.1 Å². The normalized spacial score (nSPS) is 22.5. The van der Waals surface area contributed by atoms with Crippen LogP contribution in [0.3, 0.4) is 0 Å². The lowest BCUT2D eigenvalue weighted by atomic mass is 10.1. The SMILES string of the molecule is CSC1CCC(NC(=O)c2cc(N)c(F)cc2F)C1. The smallest absolute Gasteiger partial charge is 0.254 e. The Balaban J connectivity index is 2.06. The number of halogens is 2. The fraction of sp³-hybridized carbons (Fsp3) is 0.462. The Morgan fingerprint density at radius 2 is 2.11 bits per heavy atom. The third kappa shape index (κ3) is 3.18. The molecule has 104 valence electrons. The molecule has 2 rings (SSSR count). The van der Waals surface area contributed by atoms with E-state index >= 15 is 0 Å². The topological polar surface area (TPSA) is 55.1 Å². The van der Waals surface area contributed by atoms with Gasteiger partial charge in [-0.05, 0) is 31.6 Å². The van der Waals surface area contributed by atoms with E-state index in [0.717, 1.165) is 25.3 Å². The van der Waals surface area contributed by atoms with Crippen LogP contribution in [-0.4, -0.2) is 23.5 Å². The van der Waals surface area contributed by atoms with E-state index in [1.165, 1.54) is 0 Å². The fourth-order valence-electron chi connectivity index (χ4n) is 2.29. The minimum Gasteiger partial charge on any atom is -0.396 e. The van der Waals surface area contributed by atoms with Gasteiger partial charge < -0.3 is 11.1 Å². The molecule has 1 aliphatic rings. The predicted molar refractivity (Wildman–Crippen MR) is 73.2 cm³/mol. The Morgan fingerprint density at radius 3 is 2.74 bits per heavy atom. The minimum atomic E-state index is -0.886. The number of thioether (sulfide) groups is 1. The van der Waals surface area contributed by atoms with Crippen LogP contribution in [0, 0.1) is 11.6 Å². The van der Waals surface area contributed by atoms with Gasteiger partial charge in [0, 0.05) is 17.4 Å². The van der Waals surface area contributed by atoms with Crippen LogP contribution in [0.15, 0.2) is 12.1 Å². The molecule has 0 aliphatic heterocycles. The van der Waals surface area contributed by atoms with Crippen molar-refractivity contribution in [3.8, 4) is 0 Å². The lowest BCUT2D eigenvalue weighted by Crippen LogP contribution is -2.33. The maximum atomic E-state index is 13.5. The Kier molecular flexibility index (Phi) is 4.29. The van der Waals surface area contributed by atoms with Crippen molar-refractivity contribution in [1.29, 1.82) is 0 Å². The molecule has 2 atom stereocenters. The number of rotatable bonds is 3. The van der Waals surface area contributed by atoms with Crippen LogP contribution in [0.4, 0.5) is 14.5 Å². The third-order valence-corrected chi connectivity index (χ3v) is 4.48. The molecule has 0 saturated heterocycles. The third-order valence-electron chi connectivity index (χ3n) is 3.38. The van der Waals surface area contributed by atoms with E-state index in [4.69, 9.17) is 5.73 Å². The van der Waals surface area contributed by atoms with E-state index in [9.17, 15) is 13.6 Å². The number of nitrogens with one attached hydrogen (secondary N) is 1. The number of benzene rings is 1. The van der Waals surface area contributed by atoms with Crippen molar-refractivity contribution in [2.75, 3.05) is 12.0 Å². The second-order valence-corrected chi connectivity index (χ2v) is 5.83. The van der Waals surface area contributed by atoms with Crippen LogP contribution in [0.2, 0.25) is 0 Å². The van der Waals surface area contributed by atoms with Crippen molar-refractivity contribution in [2.45, 2.75) is 30.6 Å². The number of amides is 1. The first-order valence-corrected chi connectivity index (χ1v) is 7.38. The van der Waals surface area contributed by atoms with Gasteiger partial charge in [0.25, 0.3) is 5.91 Å². The molecule has 1 aromatic rings. The number of hydrogen-bond acceptors (Lipinski definition) is 3. The summed E-state index contributed by atoms with van der Waals surface area (Å²) in [7, 11) is 0. The Morgan fingerprint density at radius 1 is 1.37 bits per heavy atom. The molecular weight excluding hydrogens is 270 g/mol. The first-order chi connectivity index (χ1) is 9.01. The molecule has 1 fully saturated rings. The highest BCUT2D eigenvalue weighted by Gasteiger charge is 2.26. The van der Waals surface area contributed by atoms with Gasteiger partial charge in [-0.3, -0.25) is 4.79 Å². The van der Waals surface area contributed by atoms with Gasteiger partial charge in [0.2, 0.25) is 0 Å². The summed E-state index contributed by atoms with van der Waals surface area (Å²) in [6.45, 7) is 0. The summed E-state index contributed by atoms with van der Waals surface area (Å²) in [5, 5.41) is 3.31. The Hall–Kier alpha value is -1.30.